The second-order valence-electron chi connectivity index (χ2n) is 11.3. The van der Waals surface area contributed by atoms with Crippen molar-refractivity contribution in [3.8, 4) is 56.4 Å². The van der Waals surface area contributed by atoms with Crippen molar-refractivity contribution in [3.05, 3.63) is 164 Å². The minimum absolute atomic E-state index is 0.0127. The van der Waals surface area contributed by atoms with Gasteiger partial charge in [0.15, 0.2) is 17.5 Å². The van der Waals surface area contributed by atoms with E-state index in [0.717, 1.165) is 48.0 Å². The Hall–Kier alpha value is -5.97. The van der Waals surface area contributed by atoms with Crippen molar-refractivity contribution in [1.82, 2.24) is 15.0 Å². The summed E-state index contributed by atoms with van der Waals surface area (Å²) >= 11 is 1.68. The molecule has 0 saturated carbocycles. The molecule has 0 radical (unpaired) electrons. The van der Waals surface area contributed by atoms with Gasteiger partial charge in [-0.2, -0.15) is 0 Å². The summed E-state index contributed by atoms with van der Waals surface area (Å²) in [5, 5.41) is 4.46. The third kappa shape index (κ3) is 5.05. The van der Waals surface area contributed by atoms with E-state index < -0.39 is 18.1 Å². The summed E-state index contributed by atoms with van der Waals surface area (Å²) in [4.78, 5) is 14.6. The number of fused-ring (bicyclic) bond motifs is 4. The number of thiophene rings is 1. The van der Waals surface area contributed by atoms with E-state index in [1.54, 1.807) is 11.3 Å². The van der Waals surface area contributed by atoms with Crippen LogP contribution < -0.4 is 0 Å². The van der Waals surface area contributed by atoms with E-state index in [1.807, 2.05) is 54.6 Å². The van der Waals surface area contributed by atoms with E-state index in [9.17, 15) is 0 Å². The maximum absolute atomic E-state index is 8.73. The Morgan fingerprint density at radius 3 is 1.87 bits per heavy atom. The van der Waals surface area contributed by atoms with Crippen LogP contribution in [-0.4, -0.2) is 15.0 Å². The summed E-state index contributed by atoms with van der Waals surface area (Å²) < 4.78 is 44.5. The molecule has 2 aromatic heterocycles. The summed E-state index contributed by atoms with van der Waals surface area (Å²) in [6, 6.07) is 43.2. The predicted molar refractivity (Wildman–Crippen MR) is 197 cm³/mol. The smallest absolute Gasteiger partial charge is 0.164 e. The molecule has 0 amide bonds. The second kappa shape index (κ2) is 11.4. The quantitative estimate of drug-likeness (QED) is 0.192. The van der Waals surface area contributed by atoms with Gasteiger partial charge in [-0.05, 0) is 57.3 Å². The molecule has 2 heterocycles. The molecule has 0 saturated heterocycles. The third-order valence-corrected chi connectivity index (χ3v) is 9.56. The van der Waals surface area contributed by atoms with E-state index >= 15 is 0 Å². The maximum Gasteiger partial charge on any atom is 0.164 e. The van der Waals surface area contributed by atoms with Crippen LogP contribution in [0.4, 0.5) is 0 Å². The molecule has 0 fully saturated rings. The van der Waals surface area contributed by atoms with Crippen molar-refractivity contribution >= 4 is 42.3 Å². The summed E-state index contributed by atoms with van der Waals surface area (Å²) in [5.41, 5.74) is 5.64. The number of benzene rings is 7. The van der Waals surface area contributed by atoms with Gasteiger partial charge in [-0.15, -0.1) is 11.3 Å². The Labute approximate surface area is 283 Å². The highest BCUT2D eigenvalue weighted by Crippen LogP contribution is 2.40. The molecule has 0 atom stereocenters. The number of aromatic nitrogens is 3. The highest BCUT2D eigenvalue weighted by atomic mass is 32.1. The molecule has 3 nitrogen and oxygen atoms in total. The summed E-state index contributed by atoms with van der Waals surface area (Å²) in [5.74, 6) is 0.697. The van der Waals surface area contributed by atoms with Gasteiger partial charge in [-0.25, -0.2) is 15.0 Å². The fraction of sp³-hybridized carbons (Fsp3) is 0. The highest BCUT2D eigenvalue weighted by molar-refractivity contribution is 7.25. The first-order valence-corrected chi connectivity index (χ1v) is 16.1. The second-order valence-corrected chi connectivity index (χ2v) is 12.4. The van der Waals surface area contributed by atoms with Crippen molar-refractivity contribution < 1.29 is 6.85 Å². The summed E-state index contributed by atoms with van der Waals surface area (Å²) in [6.07, 6.45) is 0. The van der Waals surface area contributed by atoms with Crippen molar-refractivity contribution in [1.29, 1.82) is 0 Å². The van der Waals surface area contributed by atoms with Gasteiger partial charge in [0.2, 0.25) is 0 Å². The van der Waals surface area contributed by atoms with Crippen LogP contribution in [0.1, 0.15) is 6.85 Å². The van der Waals surface area contributed by atoms with Crippen molar-refractivity contribution in [2.24, 2.45) is 0 Å². The Balaban J connectivity index is 1.19. The Bertz CT molecular complexity index is 2840. The van der Waals surface area contributed by atoms with Crippen LogP contribution in [0.3, 0.4) is 0 Å². The largest absolute Gasteiger partial charge is 0.208 e. The van der Waals surface area contributed by atoms with Crippen LogP contribution in [0, 0.1) is 0 Å². The Morgan fingerprint density at radius 2 is 1.04 bits per heavy atom. The van der Waals surface area contributed by atoms with E-state index in [1.165, 1.54) is 10.8 Å². The summed E-state index contributed by atoms with van der Waals surface area (Å²) in [6.45, 7) is 0. The molecule has 9 aromatic rings. The molecule has 0 aliphatic rings. The zero-order chi connectivity index (χ0) is 35.5. The number of hydrogen-bond donors (Lipinski definition) is 0. The average molecular weight is 623 g/mol. The molecule has 0 unspecified atom stereocenters. The molecule has 4 heteroatoms. The zero-order valence-electron chi connectivity index (χ0n) is 30.0. The van der Waals surface area contributed by atoms with Gasteiger partial charge in [-0.1, -0.05) is 139 Å². The normalized spacial score (nSPS) is 12.9. The standard InChI is InChI=1S/C43H27N3S/c1-2-11-31(12-3-1)41-44-42(46-43(45-41)37-17-9-19-39-40(37)36-16-6-7-18-38(36)47-39)35-15-8-14-33(27-35)29-20-22-30(23-21-29)34-25-24-28-10-4-5-13-32(28)26-34/h1-27H/i1D,2D,3D,11D,12D. The molecule has 0 N–H and O–H groups in total. The van der Waals surface area contributed by atoms with Gasteiger partial charge in [0.25, 0.3) is 0 Å². The van der Waals surface area contributed by atoms with E-state index in [0.29, 0.717) is 17.2 Å². The Morgan fingerprint density at radius 1 is 0.426 bits per heavy atom. The predicted octanol–water partition coefficient (Wildman–Crippen LogP) is 11.7. The first kappa shape index (κ1) is 22.5. The molecule has 0 bridgehead atoms. The first-order valence-electron chi connectivity index (χ1n) is 17.8. The number of nitrogens with zero attached hydrogens (tertiary/aromatic N) is 3. The van der Waals surface area contributed by atoms with Gasteiger partial charge < -0.3 is 0 Å². The number of rotatable bonds is 5. The van der Waals surface area contributed by atoms with Gasteiger partial charge in [0, 0.05) is 36.9 Å². The van der Waals surface area contributed by atoms with E-state index in [4.69, 9.17) is 21.8 Å². The minimum atomic E-state index is -0.470. The monoisotopic (exact) mass is 622 g/mol. The molecule has 0 aliphatic heterocycles. The van der Waals surface area contributed by atoms with Gasteiger partial charge >= 0.3 is 0 Å². The van der Waals surface area contributed by atoms with Crippen LogP contribution >= 0.6 is 11.3 Å². The molecule has 7 aromatic carbocycles. The lowest BCUT2D eigenvalue weighted by Gasteiger charge is -2.11. The lowest BCUT2D eigenvalue weighted by molar-refractivity contribution is 1.08. The molecule has 47 heavy (non-hydrogen) atoms. The van der Waals surface area contributed by atoms with Crippen molar-refractivity contribution in [3.63, 3.8) is 0 Å². The molecule has 0 spiro atoms. The van der Waals surface area contributed by atoms with E-state index in [-0.39, 0.29) is 23.5 Å². The fourth-order valence-corrected chi connectivity index (χ4v) is 7.25. The molecule has 9 rings (SSSR count). The molecule has 220 valence electrons. The fourth-order valence-electron chi connectivity index (χ4n) is 6.12. The van der Waals surface area contributed by atoms with Crippen LogP contribution in [-0.2, 0) is 0 Å². The molecular weight excluding hydrogens is 591 g/mol. The topological polar surface area (TPSA) is 38.7 Å². The summed E-state index contributed by atoms with van der Waals surface area (Å²) in [7, 11) is 0. The number of hydrogen-bond acceptors (Lipinski definition) is 4. The average Bonchev–Trinajstić information content (AvgIpc) is 3.58. The van der Waals surface area contributed by atoms with Crippen molar-refractivity contribution in [2.75, 3.05) is 0 Å². The van der Waals surface area contributed by atoms with Crippen molar-refractivity contribution in [2.45, 2.75) is 0 Å². The van der Waals surface area contributed by atoms with Crippen LogP contribution in [0.2, 0.25) is 0 Å². The zero-order valence-corrected chi connectivity index (χ0v) is 25.8. The Kier molecular flexibility index (Phi) is 5.48. The molecular formula is C43H27N3S. The molecule has 0 aliphatic carbocycles. The third-order valence-electron chi connectivity index (χ3n) is 8.42. The van der Waals surface area contributed by atoms with Gasteiger partial charge in [0.05, 0.1) is 6.85 Å². The van der Waals surface area contributed by atoms with E-state index in [2.05, 4.69) is 78.9 Å². The maximum atomic E-state index is 8.73. The van der Waals surface area contributed by atoms with Crippen LogP contribution in [0.15, 0.2) is 164 Å². The van der Waals surface area contributed by atoms with Gasteiger partial charge in [-0.3, -0.25) is 0 Å². The lowest BCUT2D eigenvalue weighted by Crippen LogP contribution is -2.00. The SMILES string of the molecule is [2H]c1c([2H])c([2H])c(-c2nc(-c3cccc(-c4ccc(-c5ccc6ccccc6c5)cc4)c3)nc(-c3cccc4sc5ccccc5c34)n2)c([2H])c1[2H]. The lowest BCUT2D eigenvalue weighted by atomic mass is 9.97. The first-order chi connectivity index (χ1) is 25.3. The van der Waals surface area contributed by atoms with Gasteiger partial charge in [0.1, 0.15) is 0 Å². The highest BCUT2D eigenvalue weighted by Gasteiger charge is 2.17. The minimum Gasteiger partial charge on any atom is -0.208 e. The van der Waals surface area contributed by atoms with Crippen LogP contribution in [0.25, 0.3) is 87.4 Å². The van der Waals surface area contributed by atoms with Crippen LogP contribution in [0.5, 0.6) is 0 Å².